The number of hydrogen-bond donors (Lipinski definition) is 0. The quantitative estimate of drug-likeness (QED) is 0.220. The topological polar surface area (TPSA) is 3.24 Å². The zero-order valence-electron chi connectivity index (χ0n) is 14.4. The van der Waals surface area contributed by atoms with Gasteiger partial charge in [-0.05, 0) is 55.2 Å². The van der Waals surface area contributed by atoms with Crippen LogP contribution in [-0.4, -0.2) is 7.05 Å². The van der Waals surface area contributed by atoms with E-state index in [0.717, 1.165) is 6.42 Å². The Balaban J connectivity index is -0.000000144. The Hall–Kier alpha value is 1.01. The van der Waals surface area contributed by atoms with Crippen molar-refractivity contribution >= 4 is 71.2 Å². The van der Waals surface area contributed by atoms with Crippen LogP contribution in [0.15, 0.2) is 48.7 Å². The van der Waals surface area contributed by atoms with E-state index in [4.69, 9.17) is 0 Å². The first-order chi connectivity index (χ1) is 10.9. The van der Waals surface area contributed by atoms with Gasteiger partial charge in [-0.3, -0.25) is 0 Å². The molecule has 2 rings (SSSR count). The number of allylic oxidation sites excluding steroid dienone is 4. The number of anilines is 1. The van der Waals surface area contributed by atoms with E-state index in [2.05, 4.69) is 111 Å². The first kappa shape index (κ1) is 38.6. The van der Waals surface area contributed by atoms with Crippen molar-refractivity contribution in [2.45, 2.75) is 63.8 Å². The van der Waals surface area contributed by atoms with Crippen LogP contribution in [0.3, 0.4) is 0 Å². The molecule has 0 heterocycles. The fourth-order valence-corrected chi connectivity index (χ4v) is 2.21. The van der Waals surface area contributed by atoms with E-state index in [1.807, 2.05) is 26.1 Å². The van der Waals surface area contributed by atoms with Crippen molar-refractivity contribution in [2.24, 2.45) is 0 Å². The van der Waals surface area contributed by atoms with Crippen LogP contribution in [0.25, 0.3) is 5.57 Å². The number of halogens is 3. The van der Waals surface area contributed by atoms with Crippen molar-refractivity contribution in [3.05, 3.63) is 59.8 Å². The average Bonchev–Trinajstić information content (AvgIpc) is 2.81. The number of benzene rings is 1. The van der Waals surface area contributed by atoms with Crippen LogP contribution in [0.5, 0.6) is 0 Å². The number of nitrogens with zero attached hydrogens (tertiary/aromatic N) is 1. The molecule has 1 aliphatic carbocycles. The van der Waals surface area contributed by atoms with Gasteiger partial charge in [0.15, 0.2) is 0 Å². The molecule has 0 saturated carbocycles. The second-order valence-electron chi connectivity index (χ2n) is 4.80. The summed E-state index contributed by atoms with van der Waals surface area (Å²) in [6.07, 6.45) is 6.86. The third kappa shape index (κ3) is 14.6. The molecule has 5 heteroatoms. The molecule has 0 amide bonds. The molecule has 0 fully saturated rings. The molecule has 0 radical (unpaired) electrons. The van der Waals surface area contributed by atoms with Gasteiger partial charge in [-0.1, -0.05) is 67.8 Å². The van der Waals surface area contributed by atoms with Crippen molar-refractivity contribution in [3.63, 3.8) is 0 Å². The Morgan fingerprint density at radius 2 is 1.52 bits per heavy atom. The summed E-state index contributed by atoms with van der Waals surface area (Å²) in [5, 5.41) is 0. The van der Waals surface area contributed by atoms with Gasteiger partial charge in [0.2, 0.25) is 0 Å². The predicted octanol–water partition coefficient (Wildman–Crippen LogP) is 10.4. The van der Waals surface area contributed by atoms with Crippen LogP contribution < -0.4 is 4.90 Å². The van der Waals surface area contributed by atoms with Gasteiger partial charge >= 0.3 is 64.9 Å². The summed E-state index contributed by atoms with van der Waals surface area (Å²) < 4.78 is 0. The first-order valence-electron chi connectivity index (χ1n) is 7.46. The van der Waals surface area contributed by atoms with Crippen LogP contribution >= 0.6 is 59.9 Å². The zero-order valence-corrected chi connectivity index (χ0v) is 22.3. The Morgan fingerprint density at radius 3 is 1.96 bits per heavy atom. The van der Waals surface area contributed by atoms with E-state index < -0.39 is 0 Å². The second kappa shape index (κ2) is 21.7. The van der Waals surface area contributed by atoms with Crippen LogP contribution in [0.4, 0.5) is 5.69 Å². The monoisotopic (exact) mass is 751 g/mol. The van der Waals surface area contributed by atoms with Crippen LogP contribution in [0.1, 0.15) is 68.5 Å². The van der Waals surface area contributed by atoms with Gasteiger partial charge in [-0.25, -0.2) is 0 Å². The molecule has 1 nitrogen and oxygen atoms in total. The van der Waals surface area contributed by atoms with E-state index in [0.29, 0.717) is 0 Å². The Kier molecular flexibility index (Phi) is 31.0. The SMILES string of the molecule is C.C.C.C.C=CC=CN(C)c1ccc2c(c1)C(C)=C(C)C2.CC.[I][V]([I])[I]. The molecule has 160 valence electrons. The summed E-state index contributed by atoms with van der Waals surface area (Å²) in [6, 6.07) is 6.69. The first-order valence-corrected chi connectivity index (χ1v) is 21.0. The van der Waals surface area contributed by atoms with Crippen LogP contribution in [0, 0.1) is 0 Å². The number of hydrogen-bond acceptors (Lipinski definition) is 1. The fourth-order valence-electron chi connectivity index (χ4n) is 2.21. The molecule has 0 aliphatic heterocycles. The van der Waals surface area contributed by atoms with Gasteiger partial charge in [0.25, 0.3) is 0 Å². The standard InChI is InChI=1S/C16H19N.C2H6.4CH4.3HI.V/c1-5-6-9-17(4)15-8-7-14-10-12(2)13(3)16(14)11-15;1-2;;;;;;;;/h5-9,11H,1,10H2,2-4H3;1-2H3;4*1H4;3*1H;/q;;;;;;;;;+3/p-3. The molecular formula is C22H41I3NV. The summed E-state index contributed by atoms with van der Waals surface area (Å²) in [6.45, 7) is 12.1. The van der Waals surface area contributed by atoms with E-state index in [1.165, 1.54) is 28.0 Å². The second-order valence-corrected chi connectivity index (χ2v) is 40.2. The average molecular weight is 751 g/mol. The van der Waals surface area contributed by atoms with Crippen LogP contribution in [-0.2, 0) is 11.3 Å². The van der Waals surface area contributed by atoms with Gasteiger partial charge in [-0.2, -0.15) is 0 Å². The molecule has 0 saturated heterocycles. The van der Waals surface area contributed by atoms with Crippen LogP contribution in [0.2, 0.25) is 0 Å². The summed E-state index contributed by atoms with van der Waals surface area (Å²) in [7, 11) is 2.06. The molecule has 1 aromatic rings. The molecular weight excluding hydrogens is 710 g/mol. The van der Waals surface area contributed by atoms with Gasteiger partial charge < -0.3 is 4.90 Å². The Morgan fingerprint density at radius 1 is 1.04 bits per heavy atom. The van der Waals surface area contributed by atoms with Gasteiger partial charge in [0.05, 0.1) is 0 Å². The molecule has 0 spiro atoms. The minimum atomic E-state index is -0.278. The minimum absolute atomic E-state index is 0. The van der Waals surface area contributed by atoms with Crippen molar-refractivity contribution < 1.29 is 4.92 Å². The molecule has 1 aromatic carbocycles. The van der Waals surface area contributed by atoms with E-state index in [9.17, 15) is 0 Å². The summed E-state index contributed by atoms with van der Waals surface area (Å²) in [4.78, 5) is 1.84. The van der Waals surface area contributed by atoms with Crippen molar-refractivity contribution in [2.75, 3.05) is 11.9 Å². The maximum absolute atomic E-state index is 3.69. The molecule has 27 heavy (non-hydrogen) atoms. The van der Waals surface area contributed by atoms with Crippen molar-refractivity contribution in [1.29, 1.82) is 0 Å². The molecule has 0 bridgehead atoms. The number of rotatable bonds is 3. The Labute approximate surface area is 209 Å². The Bertz CT molecular complexity index is 564. The number of fused-ring (bicyclic) bond motifs is 1. The molecule has 1 aliphatic rings. The van der Waals surface area contributed by atoms with Gasteiger partial charge in [0, 0.05) is 18.9 Å². The zero-order chi connectivity index (χ0) is 18.0. The van der Waals surface area contributed by atoms with E-state index in [1.54, 1.807) is 6.08 Å². The van der Waals surface area contributed by atoms with Crippen molar-refractivity contribution in [1.82, 2.24) is 0 Å². The van der Waals surface area contributed by atoms with E-state index in [-0.39, 0.29) is 34.6 Å². The molecule has 0 N–H and O–H groups in total. The predicted molar refractivity (Wildman–Crippen MR) is 156 cm³/mol. The normalized spacial score (nSPS) is 10.6. The van der Waals surface area contributed by atoms with Gasteiger partial charge in [0.1, 0.15) is 0 Å². The van der Waals surface area contributed by atoms with Gasteiger partial charge in [-0.15, -0.1) is 0 Å². The molecule has 0 atom stereocenters. The van der Waals surface area contributed by atoms with E-state index >= 15 is 0 Å². The van der Waals surface area contributed by atoms with Crippen molar-refractivity contribution in [3.8, 4) is 0 Å². The summed E-state index contributed by atoms with van der Waals surface area (Å²) >= 11 is 7.39. The summed E-state index contributed by atoms with van der Waals surface area (Å²) in [5.41, 5.74) is 6.99. The fraction of sp³-hybridized carbons (Fsp3) is 0.455. The molecule has 0 unspecified atom stereocenters. The summed E-state index contributed by atoms with van der Waals surface area (Å²) in [5.74, 6) is 0. The third-order valence-corrected chi connectivity index (χ3v) is 3.45. The third-order valence-electron chi connectivity index (χ3n) is 3.45. The molecule has 0 aromatic heterocycles. The maximum atomic E-state index is 3.69.